The topological polar surface area (TPSA) is 26.7 Å². The monoisotopic (exact) mass is 200 g/mol. The molecular weight excluding hydrogens is 176 g/mol. The van der Waals surface area contributed by atoms with Gasteiger partial charge >= 0.3 is 0 Å². The van der Waals surface area contributed by atoms with E-state index in [-0.39, 0.29) is 0 Å². The van der Waals surface area contributed by atoms with E-state index in [4.69, 9.17) is 5.11 Å². The molecule has 0 aromatic heterocycles. The maximum absolute atomic E-state index is 8.72. The average Bonchev–Trinajstić information content (AvgIpc) is 2.14. The van der Waals surface area contributed by atoms with Gasteiger partial charge in [0.15, 0.2) is 0 Å². The van der Waals surface area contributed by atoms with Crippen molar-refractivity contribution in [3.8, 4) is 0 Å². The van der Waals surface area contributed by atoms with Crippen LogP contribution in [-0.4, -0.2) is 60.3 Å². The van der Waals surface area contributed by atoms with Gasteiger partial charge in [0.05, 0.1) is 0 Å². The van der Waals surface area contributed by atoms with Crippen LogP contribution in [0.2, 0.25) is 0 Å². The van der Waals surface area contributed by atoms with E-state index in [0.717, 1.165) is 19.4 Å². The van der Waals surface area contributed by atoms with Gasteiger partial charge in [-0.2, -0.15) is 0 Å². The Kier molecular flexibility index (Phi) is 4.85. The van der Waals surface area contributed by atoms with Crippen molar-refractivity contribution in [3.63, 3.8) is 0 Å². The van der Waals surface area contributed by atoms with Gasteiger partial charge in [0, 0.05) is 31.8 Å². The van der Waals surface area contributed by atoms with Crippen molar-refractivity contribution in [2.24, 2.45) is 0 Å². The third-order valence-corrected chi connectivity index (χ3v) is 3.32. The summed E-state index contributed by atoms with van der Waals surface area (Å²) in [5.74, 6) is 0. The van der Waals surface area contributed by atoms with Crippen LogP contribution in [-0.2, 0) is 0 Å². The van der Waals surface area contributed by atoms with Gasteiger partial charge < -0.3 is 10.0 Å². The maximum atomic E-state index is 8.72. The molecule has 3 nitrogen and oxygen atoms in total. The molecule has 0 radical (unpaired) electrons. The molecule has 1 aliphatic heterocycles. The SMILES string of the molecule is CC1CN(CCCCO)CC(C)N1C. The molecular formula is C11H24N2O. The van der Waals surface area contributed by atoms with Gasteiger partial charge in [-0.1, -0.05) is 0 Å². The van der Waals surface area contributed by atoms with E-state index in [9.17, 15) is 0 Å². The van der Waals surface area contributed by atoms with Gasteiger partial charge in [-0.25, -0.2) is 0 Å². The second-order valence-electron chi connectivity index (χ2n) is 4.55. The molecule has 0 saturated carbocycles. The van der Waals surface area contributed by atoms with Crippen molar-refractivity contribution in [3.05, 3.63) is 0 Å². The number of piperazine rings is 1. The minimum absolute atomic E-state index is 0.332. The Labute approximate surface area is 87.7 Å². The quantitative estimate of drug-likeness (QED) is 0.680. The summed E-state index contributed by atoms with van der Waals surface area (Å²) in [5, 5.41) is 8.72. The zero-order valence-electron chi connectivity index (χ0n) is 9.74. The number of aliphatic hydroxyl groups excluding tert-OH is 1. The second kappa shape index (κ2) is 5.69. The zero-order valence-corrected chi connectivity index (χ0v) is 9.74. The van der Waals surface area contributed by atoms with Gasteiger partial charge in [-0.05, 0) is 40.3 Å². The molecule has 2 unspecified atom stereocenters. The lowest BCUT2D eigenvalue weighted by molar-refractivity contribution is 0.0584. The third kappa shape index (κ3) is 3.23. The van der Waals surface area contributed by atoms with Gasteiger partial charge in [-0.3, -0.25) is 4.90 Å². The minimum atomic E-state index is 0.332. The Morgan fingerprint density at radius 2 is 1.71 bits per heavy atom. The Balaban J connectivity index is 2.27. The maximum Gasteiger partial charge on any atom is 0.0431 e. The highest BCUT2D eigenvalue weighted by Gasteiger charge is 2.25. The van der Waals surface area contributed by atoms with Crippen LogP contribution in [0.5, 0.6) is 0 Å². The highest BCUT2D eigenvalue weighted by Crippen LogP contribution is 2.13. The number of hydrogen-bond acceptors (Lipinski definition) is 3. The summed E-state index contributed by atoms with van der Waals surface area (Å²) in [4.78, 5) is 4.97. The highest BCUT2D eigenvalue weighted by molar-refractivity contribution is 4.82. The molecule has 1 fully saturated rings. The second-order valence-corrected chi connectivity index (χ2v) is 4.55. The first kappa shape index (κ1) is 12.0. The molecule has 1 rings (SSSR count). The minimum Gasteiger partial charge on any atom is -0.396 e. The van der Waals surface area contributed by atoms with E-state index < -0.39 is 0 Å². The highest BCUT2D eigenvalue weighted by atomic mass is 16.2. The number of likely N-dealkylation sites (N-methyl/N-ethyl adjacent to an activating group) is 1. The molecule has 0 amide bonds. The Morgan fingerprint density at radius 3 is 2.21 bits per heavy atom. The number of aliphatic hydroxyl groups is 1. The van der Waals surface area contributed by atoms with Crippen molar-refractivity contribution in [1.82, 2.24) is 9.80 Å². The molecule has 0 aromatic carbocycles. The van der Waals surface area contributed by atoms with E-state index in [0.29, 0.717) is 18.7 Å². The fourth-order valence-electron chi connectivity index (χ4n) is 2.14. The average molecular weight is 200 g/mol. The Hall–Kier alpha value is -0.120. The van der Waals surface area contributed by atoms with Crippen LogP contribution < -0.4 is 0 Å². The Bertz CT molecular complexity index is 151. The lowest BCUT2D eigenvalue weighted by atomic mass is 10.1. The summed E-state index contributed by atoms with van der Waals surface area (Å²) in [5.41, 5.74) is 0. The van der Waals surface area contributed by atoms with E-state index in [1.54, 1.807) is 0 Å². The van der Waals surface area contributed by atoms with Crippen LogP contribution in [0.25, 0.3) is 0 Å². The molecule has 1 aliphatic rings. The summed E-state index contributed by atoms with van der Waals surface area (Å²) in [7, 11) is 2.21. The smallest absolute Gasteiger partial charge is 0.0431 e. The number of nitrogens with zero attached hydrogens (tertiary/aromatic N) is 2. The number of unbranched alkanes of at least 4 members (excludes halogenated alkanes) is 1. The van der Waals surface area contributed by atoms with Crippen molar-refractivity contribution in [1.29, 1.82) is 0 Å². The van der Waals surface area contributed by atoms with Crippen LogP contribution in [0.4, 0.5) is 0 Å². The van der Waals surface area contributed by atoms with Crippen molar-refractivity contribution in [2.75, 3.05) is 33.3 Å². The molecule has 0 spiro atoms. The third-order valence-electron chi connectivity index (χ3n) is 3.32. The first-order valence-corrected chi connectivity index (χ1v) is 5.70. The summed E-state index contributed by atoms with van der Waals surface area (Å²) in [6.45, 7) is 8.39. The predicted molar refractivity (Wildman–Crippen MR) is 59.4 cm³/mol. The predicted octanol–water partition coefficient (Wildman–Crippen LogP) is 0.783. The van der Waals surface area contributed by atoms with E-state index in [2.05, 4.69) is 30.7 Å². The van der Waals surface area contributed by atoms with Gasteiger partial charge in [0.2, 0.25) is 0 Å². The fraction of sp³-hybridized carbons (Fsp3) is 1.00. The number of hydrogen-bond donors (Lipinski definition) is 1. The standard InChI is InChI=1S/C11H24N2O/c1-10-8-13(6-4-5-7-14)9-11(2)12(10)3/h10-11,14H,4-9H2,1-3H3. The number of rotatable bonds is 4. The first-order valence-electron chi connectivity index (χ1n) is 5.70. The molecule has 0 aromatic rings. The van der Waals surface area contributed by atoms with Crippen molar-refractivity contribution < 1.29 is 5.11 Å². The van der Waals surface area contributed by atoms with Crippen LogP contribution in [0.15, 0.2) is 0 Å². The lowest BCUT2D eigenvalue weighted by Crippen LogP contribution is -2.54. The van der Waals surface area contributed by atoms with E-state index in [1.165, 1.54) is 13.1 Å². The molecule has 3 heteroatoms. The first-order chi connectivity index (χ1) is 6.65. The molecule has 1 saturated heterocycles. The van der Waals surface area contributed by atoms with E-state index >= 15 is 0 Å². The summed E-state index contributed by atoms with van der Waals surface area (Å²) < 4.78 is 0. The molecule has 1 N–H and O–H groups in total. The molecule has 1 heterocycles. The largest absolute Gasteiger partial charge is 0.396 e. The van der Waals surface area contributed by atoms with Crippen LogP contribution in [0.3, 0.4) is 0 Å². The fourth-order valence-corrected chi connectivity index (χ4v) is 2.14. The van der Waals surface area contributed by atoms with Gasteiger partial charge in [-0.15, -0.1) is 0 Å². The van der Waals surface area contributed by atoms with Crippen molar-refractivity contribution >= 4 is 0 Å². The molecule has 84 valence electrons. The molecule has 0 bridgehead atoms. The van der Waals surface area contributed by atoms with Crippen LogP contribution in [0.1, 0.15) is 26.7 Å². The Morgan fingerprint density at radius 1 is 1.14 bits per heavy atom. The molecule has 0 aliphatic carbocycles. The zero-order chi connectivity index (χ0) is 10.6. The summed E-state index contributed by atoms with van der Waals surface area (Å²) >= 11 is 0. The van der Waals surface area contributed by atoms with Crippen LogP contribution >= 0.6 is 0 Å². The molecule has 14 heavy (non-hydrogen) atoms. The van der Waals surface area contributed by atoms with Gasteiger partial charge in [0.1, 0.15) is 0 Å². The van der Waals surface area contributed by atoms with Gasteiger partial charge in [0.25, 0.3) is 0 Å². The van der Waals surface area contributed by atoms with E-state index in [1.807, 2.05) is 0 Å². The summed E-state index contributed by atoms with van der Waals surface area (Å²) in [6.07, 6.45) is 2.06. The van der Waals surface area contributed by atoms with Crippen molar-refractivity contribution in [2.45, 2.75) is 38.8 Å². The normalized spacial score (nSPS) is 30.9. The molecule has 2 atom stereocenters. The lowest BCUT2D eigenvalue weighted by Gasteiger charge is -2.42. The summed E-state index contributed by atoms with van der Waals surface area (Å²) in [6, 6.07) is 1.32. The van der Waals surface area contributed by atoms with Crippen LogP contribution in [0, 0.1) is 0 Å².